The minimum absolute atomic E-state index is 0.0378. The highest BCUT2D eigenvalue weighted by molar-refractivity contribution is 5.79. The van der Waals surface area contributed by atoms with Gasteiger partial charge in [0.15, 0.2) is 0 Å². The van der Waals surface area contributed by atoms with Crippen LogP contribution in [0.4, 0.5) is 0 Å². The molecule has 1 N–H and O–H groups in total. The largest absolute Gasteiger partial charge is 0.393 e. The van der Waals surface area contributed by atoms with E-state index in [1.165, 1.54) is 0 Å². The number of aliphatic hydroxyl groups excluding tert-OH is 1. The van der Waals surface area contributed by atoms with E-state index in [1.807, 2.05) is 4.90 Å². The molecule has 17 heavy (non-hydrogen) atoms. The van der Waals surface area contributed by atoms with Crippen molar-refractivity contribution in [3.63, 3.8) is 0 Å². The molecular weight excluding hydrogens is 220 g/mol. The maximum atomic E-state index is 12.2. The average Bonchev–Trinajstić information content (AvgIpc) is 2.39. The van der Waals surface area contributed by atoms with Crippen LogP contribution in [-0.4, -0.2) is 59.5 Å². The topological polar surface area (TPSA) is 60.9 Å². The Morgan fingerprint density at radius 1 is 1.18 bits per heavy atom. The van der Waals surface area contributed by atoms with E-state index in [2.05, 4.69) is 0 Å². The second-order valence-corrected chi connectivity index (χ2v) is 5.00. The first-order valence-corrected chi connectivity index (χ1v) is 6.37. The third-order valence-electron chi connectivity index (χ3n) is 3.73. The number of amides is 2. The van der Waals surface area contributed by atoms with Gasteiger partial charge < -0.3 is 14.9 Å². The van der Waals surface area contributed by atoms with Crippen molar-refractivity contribution in [2.24, 2.45) is 5.92 Å². The summed E-state index contributed by atoms with van der Waals surface area (Å²) >= 11 is 0. The summed E-state index contributed by atoms with van der Waals surface area (Å²) in [6, 6.07) is 0. The molecule has 96 valence electrons. The van der Waals surface area contributed by atoms with Crippen LogP contribution in [0.5, 0.6) is 0 Å². The van der Waals surface area contributed by atoms with Crippen LogP contribution < -0.4 is 0 Å². The van der Waals surface area contributed by atoms with Gasteiger partial charge in [-0.15, -0.1) is 0 Å². The number of hydrogen-bond acceptors (Lipinski definition) is 3. The molecular formula is C12H20N2O3. The summed E-state index contributed by atoms with van der Waals surface area (Å²) in [4.78, 5) is 26.5. The van der Waals surface area contributed by atoms with Crippen LogP contribution in [0.1, 0.15) is 25.7 Å². The number of nitrogens with zero attached hydrogens (tertiary/aromatic N) is 2. The fraction of sp³-hybridized carbons (Fsp3) is 0.833. The molecule has 2 saturated heterocycles. The van der Waals surface area contributed by atoms with Crippen LogP contribution in [0.15, 0.2) is 0 Å². The SMILES string of the molecule is O=CN1CCCC(C(=O)N2CCC(O)CC2)C1. The maximum Gasteiger partial charge on any atom is 0.227 e. The van der Waals surface area contributed by atoms with Gasteiger partial charge in [-0.3, -0.25) is 9.59 Å². The molecule has 0 aromatic heterocycles. The Kier molecular flexibility index (Phi) is 3.99. The highest BCUT2D eigenvalue weighted by atomic mass is 16.3. The molecule has 2 heterocycles. The Labute approximate surface area is 101 Å². The lowest BCUT2D eigenvalue weighted by Gasteiger charge is -2.35. The number of rotatable bonds is 2. The molecule has 0 aromatic rings. The van der Waals surface area contributed by atoms with Crippen LogP contribution >= 0.6 is 0 Å². The number of likely N-dealkylation sites (tertiary alicyclic amines) is 2. The van der Waals surface area contributed by atoms with E-state index in [0.717, 1.165) is 25.8 Å². The molecule has 0 radical (unpaired) electrons. The zero-order chi connectivity index (χ0) is 12.3. The molecule has 0 saturated carbocycles. The van der Waals surface area contributed by atoms with E-state index in [9.17, 15) is 14.7 Å². The molecule has 5 heteroatoms. The first-order chi connectivity index (χ1) is 8.20. The smallest absolute Gasteiger partial charge is 0.227 e. The summed E-state index contributed by atoms with van der Waals surface area (Å²) in [5, 5.41) is 9.41. The molecule has 2 fully saturated rings. The van der Waals surface area contributed by atoms with E-state index in [0.29, 0.717) is 32.5 Å². The quantitative estimate of drug-likeness (QED) is 0.682. The fourth-order valence-corrected chi connectivity index (χ4v) is 2.65. The van der Waals surface area contributed by atoms with E-state index in [-0.39, 0.29) is 17.9 Å². The van der Waals surface area contributed by atoms with Crippen molar-refractivity contribution >= 4 is 12.3 Å². The molecule has 2 aliphatic rings. The second-order valence-electron chi connectivity index (χ2n) is 5.00. The molecule has 0 spiro atoms. The highest BCUT2D eigenvalue weighted by Crippen LogP contribution is 2.20. The van der Waals surface area contributed by atoms with E-state index in [4.69, 9.17) is 0 Å². The van der Waals surface area contributed by atoms with Gasteiger partial charge in [-0.25, -0.2) is 0 Å². The van der Waals surface area contributed by atoms with Gasteiger partial charge in [-0.05, 0) is 25.7 Å². The number of aliphatic hydroxyl groups is 1. The normalized spacial score (nSPS) is 27.0. The monoisotopic (exact) mass is 240 g/mol. The molecule has 0 aliphatic carbocycles. The van der Waals surface area contributed by atoms with Crippen molar-refractivity contribution in [1.29, 1.82) is 0 Å². The number of carbonyl (C=O) groups is 2. The van der Waals surface area contributed by atoms with E-state index < -0.39 is 0 Å². The Balaban J connectivity index is 1.88. The fourth-order valence-electron chi connectivity index (χ4n) is 2.65. The number of piperidine rings is 2. The van der Waals surface area contributed by atoms with Gasteiger partial charge in [0.25, 0.3) is 0 Å². The van der Waals surface area contributed by atoms with Crippen molar-refractivity contribution in [3.8, 4) is 0 Å². The molecule has 1 atom stereocenters. The lowest BCUT2D eigenvalue weighted by atomic mass is 9.95. The average molecular weight is 240 g/mol. The van der Waals surface area contributed by atoms with Crippen LogP contribution in [0.3, 0.4) is 0 Å². The first-order valence-electron chi connectivity index (χ1n) is 6.37. The molecule has 0 bridgehead atoms. The third-order valence-corrected chi connectivity index (χ3v) is 3.73. The summed E-state index contributed by atoms with van der Waals surface area (Å²) in [6.45, 7) is 2.63. The lowest BCUT2D eigenvalue weighted by Crippen LogP contribution is -2.47. The molecule has 2 rings (SSSR count). The van der Waals surface area contributed by atoms with Crippen molar-refractivity contribution in [2.75, 3.05) is 26.2 Å². The molecule has 2 amide bonds. The molecule has 0 aromatic carbocycles. The van der Waals surface area contributed by atoms with Crippen molar-refractivity contribution in [1.82, 2.24) is 9.80 Å². The summed E-state index contributed by atoms with van der Waals surface area (Å²) in [5.41, 5.74) is 0. The number of hydrogen-bond donors (Lipinski definition) is 1. The molecule has 1 unspecified atom stereocenters. The summed E-state index contributed by atoms with van der Waals surface area (Å²) < 4.78 is 0. The van der Waals surface area contributed by atoms with Gasteiger partial charge in [0, 0.05) is 26.2 Å². The second kappa shape index (κ2) is 5.49. The predicted octanol–water partition coefficient (Wildman–Crippen LogP) is -0.162. The minimum Gasteiger partial charge on any atom is -0.393 e. The van der Waals surface area contributed by atoms with Gasteiger partial charge in [0.2, 0.25) is 12.3 Å². The lowest BCUT2D eigenvalue weighted by molar-refractivity contribution is -0.140. The van der Waals surface area contributed by atoms with Crippen LogP contribution in [-0.2, 0) is 9.59 Å². The van der Waals surface area contributed by atoms with E-state index >= 15 is 0 Å². The standard InChI is InChI=1S/C12H20N2O3/c15-9-13-5-1-2-10(8-13)12(17)14-6-3-11(16)4-7-14/h9-11,16H,1-8H2. The molecule has 5 nitrogen and oxygen atoms in total. The zero-order valence-corrected chi connectivity index (χ0v) is 10.0. The van der Waals surface area contributed by atoms with Gasteiger partial charge in [-0.2, -0.15) is 0 Å². The zero-order valence-electron chi connectivity index (χ0n) is 10.0. The highest BCUT2D eigenvalue weighted by Gasteiger charge is 2.30. The third kappa shape index (κ3) is 2.97. The molecule has 2 aliphatic heterocycles. The Bertz CT molecular complexity index is 287. The maximum absolute atomic E-state index is 12.2. The van der Waals surface area contributed by atoms with E-state index in [1.54, 1.807) is 4.90 Å². The minimum atomic E-state index is -0.253. The van der Waals surface area contributed by atoms with Crippen molar-refractivity contribution in [3.05, 3.63) is 0 Å². The Hall–Kier alpha value is -1.10. The summed E-state index contributed by atoms with van der Waals surface area (Å²) in [6.07, 6.45) is 3.72. The van der Waals surface area contributed by atoms with Crippen LogP contribution in [0.2, 0.25) is 0 Å². The van der Waals surface area contributed by atoms with Crippen molar-refractivity contribution in [2.45, 2.75) is 31.8 Å². The first kappa shape index (κ1) is 12.4. The summed E-state index contributed by atoms with van der Waals surface area (Å²) in [5.74, 6) is 0.118. The Morgan fingerprint density at radius 2 is 1.88 bits per heavy atom. The number of carbonyl (C=O) groups excluding carboxylic acids is 2. The van der Waals surface area contributed by atoms with Crippen molar-refractivity contribution < 1.29 is 14.7 Å². The van der Waals surface area contributed by atoms with Gasteiger partial charge in [-0.1, -0.05) is 0 Å². The van der Waals surface area contributed by atoms with Crippen LogP contribution in [0.25, 0.3) is 0 Å². The van der Waals surface area contributed by atoms with Gasteiger partial charge in [0.05, 0.1) is 12.0 Å². The predicted molar refractivity (Wildman–Crippen MR) is 62.2 cm³/mol. The Morgan fingerprint density at radius 3 is 2.53 bits per heavy atom. The summed E-state index contributed by atoms with van der Waals surface area (Å²) in [7, 11) is 0. The van der Waals surface area contributed by atoms with Crippen LogP contribution in [0, 0.1) is 5.92 Å². The van der Waals surface area contributed by atoms with Gasteiger partial charge >= 0.3 is 0 Å². The van der Waals surface area contributed by atoms with Gasteiger partial charge in [0.1, 0.15) is 0 Å².